The number of amides is 2. The SMILES string of the molecule is COc1ccc(/C=C2\SC(=O)N(CCc3ccccc3)C2=O)cc1. The molecular formula is C19H17NO3S. The Kier molecular flexibility index (Phi) is 5.01. The van der Waals surface area contributed by atoms with Gasteiger partial charge in [0, 0.05) is 6.54 Å². The minimum absolute atomic E-state index is 0.212. The average molecular weight is 339 g/mol. The number of benzene rings is 2. The van der Waals surface area contributed by atoms with Crippen molar-refractivity contribution in [2.24, 2.45) is 0 Å². The number of hydrogen-bond acceptors (Lipinski definition) is 4. The predicted octanol–water partition coefficient (Wildman–Crippen LogP) is 3.97. The highest BCUT2D eigenvalue weighted by atomic mass is 32.2. The fourth-order valence-electron chi connectivity index (χ4n) is 2.43. The molecule has 2 aromatic rings. The van der Waals surface area contributed by atoms with Crippen molar-refractivity contribution in [2.75, 3.05) is 13.7 Å². The van der Waals surface area contributed by atoms with Crippen LogP contribution in [0.4, 0.5) is 4.79 Å². The largest absolute Gasteiger partial charge is 0.497 e. The number of imide groups is 1. The summed E-state index contributed by atoms with van der Waals surface area (Å²) < 4.78 is 5.11. The second kappa shape index (κ2) is 7.36. The summed E-state index contributed by atoms with van der Waals surface area (Å²) in [5.74, 6) is 0.528. The molecule has 0 N–H and O–H groups in total. The van der Waals surface area contributed by atoms with E-state index in [9.17, 15) is 9.59 Å². The first-order valence-electron chi connectivity index (χ1n) is 7.61. The van der Waals surface area contributed by atoms with Crippen molar-refractivity contribution in [3.05, 3.63) is 70.6 Å². The molecule has 24 heavy (non-hydrogen) atoms. The molecule has 0 aliphatic carbocycles. The molecule has 0 saturated carbocycles. The Morgan fingerprint density at radius 1 is 1.04 bits per heavy atom. The lowest BCUT2D eigenvalue weighted by Gasteiger charge is -2.12. The fourth-order valence-corrected chi connectivity index (χ4v) is 3.29. The van der Waals surface area contributed by atoms with E-state index in [0.717, 1.165) is 28.6 Å². The maximum absolute atomic E-state index is 12.5. The Labute approximate surface area is 145 Å². The van der Waals surface area contributed by atoms with Crippen LogP contribution in [0.5, 0.6) is 5.75 Å². The molecule has 2 amide bonds. The zero-order chi connectivity index (χ0) is 16.9. The molecule has 122 valence electrons. The van der Waals surface area contributed by atoms with Crippen LogP contribution in [0.1, 0.15) is 11.1 Å². The first kappa shape index (κ1) is 16.3. The molecule has 1 aliphatic heterocycles. The van der Waals surface area contributed by atoms with Crippen LogP contribution in [0.15, 0.2) is 59.5 Å². The molecule has 1 fully saturated rings. The number of carbonyl (C=O) groups is 2. The van der Waals surface area contributed by atoms with Crippen molar-refractivity contribution in [2.45, 2.75) is 6.42 Å². The van der Waals surface area contributed by atoms with Gasteiger partial charge >= 0.3 is 0 Å². The zero-order valence-electron chi connectivity index (χ0n) is 13.3. The molecule has 0 bridgehead atoms. The number of ether oxygens (including phenoxy) is 1. The molecule has 1 heterocycles. The van der Waals surface area contributed by atoms with Gasteiger partial charge in [-0.3, -0.25) is 14.5 Å². The van der Waals surface area contributed by atoms with Gasteiger partial charge in [0.25, 0.3) is 11.1 Å². The van der Waals surface area contributed by atoms with E-state index in [-0.39, 0.29) is 11.1 Å². The van der Waals surface area contributed by atoms with Gasteiger partial charge < -0.3 is 4.74 Å². The number of thioether (sulfide) groups is 1. The Hall–Kier alpha value is -2.53. The molecule has 2 aromatic carbocycles. The lowest BCUT2D eigenvalue weighted by molar-refractivity contribution is -0.122. The highest BCUT2D eigenvalue weighted by Crippen LogP contribution is 2.32. The molecule has 0 aromatic heterocycles. The standard InChI is InChI=1S/C19H17NO3S/c1-23-16-9-7-15(8-10-16)13-17-18(21)20(19(22)24-17)12-11-14-5-3-2-4-6-14/h2-10,13H,11-12H2,1H3/b17-13-. The first-order chi connectivity index (χ1) is 11.7. The second-order valence-electron chi connectivity index (χ2n) is 5.34. The van der Waals surface area contributed by atoms with Crippen molar-refractivity contribution in [1.29, 1.82) is 0 Å². The molecule has 0 atom stereocenters. The van der Waals surface area contributed by atoms with Crippen LogP contribution in [0, 0.1) is 0 Å². The third-order valence-corrected chi connectivity index (χ3v) is 4.66. The van der Waals surface area contributed by atoms with Crippen LogP contribution in [0.25, 0.3) is 6.08 Å². The molecule has 1 saturated heterocycles. The molecule has 0 radical (unpaired) electrons. The van der Waals surface area contributed by atoms with Gasteiger partial charge in [-0.05, 0) is 47.5 Å². The van der Waals surface area contributed by atoms with Gasteiger partial charge in [0.2, 0.25) is 0 Å². The predicted molar refractivity (Wildman–Crippen MR) is 95.8 cm³/mol. The van der Waals surface area contributed by atoms with Gasteiger partial charge in [0.15, 0.2) is 0 Å². The van der Waals surface area contributed by atoms with E-state index in [2.05, 4.69) is 0 Å². The third kappa shape index (κ3) is 3.68. The Morgan fingerprint density at radius 2 is 1.75 bits per heavy atom. The van der Waals surface area contributed by atoms with E-state index in [1.807, 2.05) is 54.6 Å². The number of methoxy groups -OCH3 is 1. The molecule has 3 rings (SSSR count). The van der Waals surface area contributed by atoms with E-state index in [4.69, 9.17) is 4.74 Å². The molecule has 4 nitrogen and oxygen atoms in total. The van der Waals surface area contributed by atoms with Crippen LogP contribution in [-0.4, -0.2) is 29.7 Å². The molecule has 5 heteroatoms. The number of nitrogens with zero attached hydrogens (tertiary/aromatic N) is 1. The van der Waals surface area contributed by atoms with Crippen LogP contribution in [-0.2, 0) is 11.2 Å². The topological polar surface area (TPSA) is 46.6 Å². The summed E-state index contributed by atoms with van der Waals surface area (Å²) in [5, 5.41) is -0.212. The Morgan fingerprint density at radius 3 is 2.42 bits per heavy atom. The second-order valence-corrected chi connectivity index (χ2v) is 6.34. The van der Waals surface area contributed by atoms with E-state index < -0.39 is 0 Å². The summed E-state index contributed by atoms with van der Waals surface area (Å²) in [4.78, 5) is 26.3. The molecular weight excluding hydrogens is 322 g/mol. The van der Waals surface area contributed by atoms with Crippen molar-refractivity contribution in [1.82, 2.24) is 4.90 Å². The quantitative estimate of drug-likeness (QED) is 0.773. The van der Waals surface area contributed by atoms with E-state index in [1.54, 1.807) is 13.2 Å². The lowest BCUT2D eigenvalue weighted by Crippen LogP contribution is -2.30. The van der Waals surface area contributed by atoms with Crippen molar-refractivity contribution >= 4 is 29.0 Å². The summed E-state index contributed by atoms with van der Waals surface area (Å²) in [6, 6.07) is 17.2. The van der Waals surface area contributed by atoms with E-state index in [0.29, 0.717) is 17.9 Å². The van der Waals surface area contributed by atoms with Gasteiger partial charge in [0.05, 0.1) is 12.0 Å². The smallest absolute Gasteiger partial charge is 0.293 e. The summed E-state index contributed by atoms with van der Waals surface area (Å²) in [7, 11) is 1.60. The summed E-state index contributed by atoms with van der Waals surface area (Å²) in [5.41, 5.74) is 1.97. The van der Waals surface area contributed by atoms with Crippen molar-refractivity contribution in [3.63, 3.8) is 0 Å². The van der Waals surface area contributed by atoms with Crippen LogP contribution in [0.3, 0.4) is 0 Å². The highest BCUT2D eigenvalue weighted by molar-refractivity contribution is 8.18. The first-order valence-corrected chi connectivity index (χ1v) is 8.42. The zero-order valence-corrected chi connectivity index (χ0v) is 14.1. The van der Waals surface area contributed by atoms with Crippen LogP contribution in [0.2, 0.25) is 0 Å². The van der Waals surface area contributed by atoms with Gasteiger partial charge in [-0.25, -0.2) is 0 Å². The van der Waals surface area contributed by atoms with Crippen LogP contribution >= 0.6 is 11.8 Å². The third-order valence-electron chi connectivity index (χ3n) is 3.75. The minimum Gasteiger partial charge on any atom is -0.497 e. The molecule has 0 spiro atoms. The van der Waals surface area contributed by atoms with Gasteiger partial charge in [-0.2, -0.15) is 0 Å². The number of hydrogen-bond donors (Lipinski definition) is 0. The molecule has 1 aliphatic rings. The maximum Gasteiger partial charge on any atom is 0.293 e. The average Bonchev–Trinajstić information content (AvgIpc) is 2.88. The summed E-state index contributed by atoms with van der Waals surface area (Å²) in [6.45, 7) is 0.397. The van der Waals surface area contributed by atoms with Gasteiger partial charge in [-0.15, -0.1) is 0 Å². The van der Waals surface area contributed by atoms with Crippen molar-refractivity contribution < 1.29 is 14.3 Å². The monoisotopic (exact) mass is 339 g/mol. The van der Waals surface area contributed by atoms with Crippen molar-refractivity contribution in [3.8, 4) is 5.75 Å². The fraction of sp³-hybridized carbons (Fsp3) is 0.158. The highest BCUT2D eigenvalue weighted by Gasteiger charge is 2.34. The number of carbonyl (C=O) groups excluding carboxylic acids is 2. The number of rotatable bonds is 5. The Bertz CT molecular complexity index is 769. The van der Waals surface area contributed by atoms with Gasteiger partial charge in [-0.1, -0.05) is 42.5 Å². The summed E-state index contributed by atoms with van der Waals surface area (Å²) in [6.07, 6.45) is 2.40. The molecule has 0 unspecified atom stereocenters. The minimum atomic E-state index is -0.225. The summed E-state index contributed by atoms with van der Waals surface area (Å²) >= 11 is 0.989. The maximum atomic E-state index is 12.5. The van der Waals surface area contributed by atoms with E-state index >= 15 is 0 Å². The normalized spacial score (nSPS) is 16.0. The van der Waals surface area contributed by atoms with E-state index in [1.165, 1.54) is 4.90 Å². The van der Waals surface area contributed by atoms with Crippen LogP contribution < -0.4 is 4.74 Å². The lowest BCUT2D eigenvalue weighted by atomic mass is 10.1. The Balaban J connectivity index is 1.69. The van der Waals surface area contributed by atoms with Gasteiger partial charge in [0.1, 0.15) is 5.75 Å².